The number of aryl methyl sites for hydroxylation is 1. The van der Waals surface area contributed by atoms with Crippen molar-refractivity contribution in [3.05, 3.63) is 29.0 Å². The van der Waals surface area contributed by atoms with E-state index in [0.717, 1.165) is 16.9 Å². The summed E-state index contributed by atoms with van der Waals surface area (Å²) >= 11 is 5.91. The summed E-state index contributed by atoms with van der Waals surface area (Å²) in [6.45, 7) is 2.26. The molecule has 0 fully saturated rings. The van der Waals surface area contributed by atoms with E-state index in [1.54, 1.807) is 0 Å². The molecule has 0 saturated heterocycles. The van der Waals surface area contributed by atoms with E-state index in [4.69, 9.17) is 11.6 Å². The quantitative estimate of drug-likeness (QED) is 0.910. The lowest BCUT2D eigenvalue weighted by molar-refractivity contribution is -0.120. The number of nitrogens with one attached hydrogen (secondary N) is 1. The number of halogens is 1. The third kappa shape index (κ3) is 2.42. The molecule has 0 aliphatic heterocycles. The first-order valence-corrected chi connectivity index (χ1v) is 5.87. The smallest absolute Gasteiger partial charge is 0.220 e. The zero-order valence-electron chi connectivity index (χ0n) is 9.83. The fraction of sp³-hybridized carbons (Fsp3) is 0.333. The van der Waals surface area contributed by atoms with E-state index in [-0.39, 0.29) is 5.91 Å². The SMILES string of the molecule is CCC(=O)NCc1nc2cc(Cl)ccc2n1C. The van der Waals surface area contributed by atoms with Gasteiger partial charge in [0.25, 0.3) is 0 Å². The van der Waals surface area contributed by atoms with Crippen molar-refractivity contribution in [1.29, 1.82) is 0 Å². The number of fused-ring (bicyclic) bond motifs is 1. The molecular weight excluding hydrogens is 238 g/mol. The van der Waals surface area contributed by atoms with Crippen molar-refractivity contribution in [3.63, 3.8) is 0 Å². The lowest BCUT2D eigenvalue weighted by Crippen LogP contribution is -2.23. The number of carbonyl (C=O) groups is 1. The molecule has 0 bridgehead atoms. The second kappa shape index (κ2) is 4.75. The highest BCUT2D eigenvalue weighted by Gasteiger charge is 2.08. The zero-order valence-corrected chi connectivity index (χ0v) is 10.6. The van der Waals surface area contributed by atoms with Crippen LogP contribution in [-0.4, -0.2) is 15.5 Å². The molecule has 5 heteroatoms. The minimum absolute atomic E-state index is 0.0232. The molecule has 0 aliphatic rings. The molecule has 1 aromatic carbocycles. The summed E-state index contributed by atoms with van der Waals surface area (Å²) < 4.78 is 1.96. The first-order valence-electron chi connectivity index (χ1n) is 5.49. The zero-order chi connectivity index (χ0) is 12.4. The maximum Gasteiger partial charge on any atom is 0.220 e. The number of aromatic nitrogens is 2. The number of carbonyl (C=O) groups excluding carboxylic acids is 1. The number of hydrogen-bond acceptors (Lipinski definition) is 2. The molecule has 90 valence electrons. The van der Waals surface area contributed by atoms with Gasteiger partial charge in [0, 0.05) is 18.5 Å². The Labute approximate surface area is 105 Å². The minimum atomic E-state index is 0.0232. The van der Waals surface area contributed by atoms with Crippen molar-refractivity contribution < 1.29 is 4.79 Å². The van der Waals surface area contributed by atoms with Gasteiger partial charge in [-0.2, -0.15) is 0 Å². The standard InChI is InChI=1S/C12H14ClN3O/c1-3-12(17)14-7-11-15-9-6-8(13)4-5-10(9)16(11)2/h4-6H,3,7H2,1-2H3,(H,14,17). The Morgan fingerprint density at radius 2 is 2.29 bits per heavy atom. The lowest BCUT2D eigenvalue weighted by Gasteiger charge is -2.03. The number of hydrogen-bond donors (Lipinski definition) is 1. The number of nitrogens with zero attached hydrogens (tertiary/aromatic N) is 2. The van der Waals surface area contributed by atoms with Crippen molar-refractivity contribution in [2.45, 2.75) is 19.9 Å². The lowest BCUT2D eigenvalue weighted by atomic mass is 10.3. The third-order valence-electron chi connectivity index (χ3n) is 2.70. The normalized spacial score (nSPS) is 10.8. The monoisotopic (exact) mass is 251 g/mol. The average Bonchev–Trinajstić information content (AvgIpc) is 2.62. The Balaban J connectivity index is 2.29. The van der Waals surface area contributed by atoms with Crippen molar-refractivity contribution in [3.8, 4) is 0 Å². The average molecular weight is 252 g/mol. The van der Waals surface area contributed by atoms with Gasteiger partial charge in [-0.05, 0) is 18.2 Å². The molecule has 2 rings (SSSR count). The summed E-state index contributed by atoms with van der Waals surface area (Å²) in [6.07, 6.45) is 0.482. The molecule has 2 aromatic rings. The van der Waals surface area contributed by atoms with Crippen LogP contribution in [0.5, 0.6) is 0 Å². The Morgan fingerprint density at radius 3 is 3.00 bits per heavy atom. The van der Waals surface area contributed by atoms with Crippen LogP contribution in [0.3, 0.4) is 0 Å². The molecule has 1 aromatic heterocycles. The van der Waals surface area contributed by atoms with Crippen molar-refractivity contribution in [2.24, 2.45) is 7.05 Å². The summed E-state index contributed by atoms with van der Waals surface area (Å²) in [6, 6.07) is 5.58. The molecule has 1 amide bonds. The summed E-state index contributed by atoms with van der Waals surface area (Å²) in [7, 11) is 1.93. The van der Waals surface area contributed by atoms with Gasteiger partial charge in [0.2, 0.25) is 5.91 Å². The fourth-order valence-electron chi connectivity index (χ4n) is 1.68. The van der Waals surface area contributed by atoms with Gasteiger partial charge in [-0.3, -0.25) is 4.79 Å². The molecule has 1 heterocycles. The van der Waals surface area contributed by atoms with E-state index < -0.39 is 0 Å². The summed E-state index contributed by atoms with van der Waals surface area (Å²) in [4.78, 5) is 15.6. The Morgan fingerprint density at radius 1 is 1.53 bits per heavy atom. The van der Waals surface area contributed by atoms with Gasteiger partial charge >= 0.3 is 0 Å². The van der Waals surface area contributed by atoms with Crippen LogP contribution >= 0.6 is 11.6 Å². The molecule has 4 nitrogen and oxygen atoms in total. The van der Waals surface area contributed by atoms with E-state index >= 15 is 0 Å². The molecule has 17 heavy (non-hydrogen) atoms. The molecule has 0 spiro atoms. The van der Waals surface area contributed by atoms with Crippen LogP contribution in [0, 0.1) is 0 Å². The first-order chi connectivity index (χ1) is 8.11. The van der Waals surface area contributed by atoms with E-state index in [1.165, 1.54) is 0 Å². The van der Waals surface area contributed by atoms with Crippen molar-refractivity contribution >= 4 is 28.5 Å². The van der Waals surface area contributed by atoms with Crippen LogP contribution < -0.4 is 5.32 Å². The number of imidazole rings is 1. The van der Waals surface area contributed by atoms with Crippen LogP contribution in [-0.2, 0) is 18.4 Å². The van der Waals surface area contributed by atoms with Crippen LogP contribution in [0.4, 0.5) is 0 Å². The van der Waals surface area contributed by atoms with E-state index in [1.807, 2.05) is 36.7 Å². The molecule has 0 radical (unpaired) electrons. The Bertz CT molecular complexity index is 562. The molecular formula is C12H14ClN3O. The minimum Gasteiger partial charge on any atom is -0.349 e. The fourth-order valence-corrected chi connectivity index (χ4v) is 1.85. The summed E-state index contributed by atoms with van der Waals surface area (Å²) in [5.41, 5.74) is 1.86. The maximum atomic E-state index is 11.2. The molecule has 0 aliphatic carbocycles. The van der Waals surface area contributed by atoms with E-state index in [0.29, 0.717) is 18.0 Å². The third-order valence-corrected chi connectivity index (χ3v) is 2.94. The summed E-state index contributed by atoms with van der Waals surface area (Å²) in [5.74, 6) is 0.846. The number of benzene rings is 1. The van der Waals surface area contributed by atoms with Gasteiger partial charge in [-0.15, -0.1) is 0 Å². The molecule has 0 saturated carbocycles. The first kappa shape index (κ1) is 11.9. The van der Waals surface area contributed by atoms with Crippen molar-refractivity contribution in [1.82, 2.24) is 14.9 Å². The van der Waals surface area contributed by atoms with Crippen LogP contribution in [0.15, 0.2) is 18.2 Å². The van der Waals surface area contributed by atoms with E-state index in [2.05, 4.69) is 10.3 Å². The highest BCUT2D eigenvalue weighted by molar-refractivity contribution is 6.31. The highest BCUT2D eigenvalue weighted by Crippen LogP contribution is 2.19. The highest BCUT2D eigenvalue weighted by atomic mass is 35.5. The number of rotatable bonds is 3. The van der Waals surface area contributed by atoms with Gasteiger partial charge in [0.15, 0.2) is 0 Å². The Hall–Kier alpha value is -1.55. The van der Waals surface area contributed by atoms with Gasteiger partial charge in [0.05, 0.1) is 17.6 Å². The van der Waals surface area contributed by atoms with Crippen molar-refractivity contribution in [2.75, 3.05) is 0 Å². The molecule has 1 N–H and O–H groups in total. The second-order valence-corrected chi connectivity index (χ2v) is 4.29. The van der Waals surface area contributed by atoms with Crippen LogP contribution in [0.2, 0.25) is 5.02 Å². The largest absolute Gasteiger partial charge is 0.349 e. The summed E-state index contributed by atoms with van der Waals surface area (Å²) in [5, 5.41) is 3.48. The van der Waals surface area contributed by atoms with Crippen LogP contribution in [0.1, 0.15) is 19.2 Å². The predicted molar refractivity (Wildman–Crippen MR) is 67.9 cm³/mol. The van der Waals surface area contributed by atoms with Gasteiger partial charge in [-0.25, -0.2) is 4.98 Å². The molecule has 0 unspecified atom stereocenters. The van der Waals surface area contributed by atoms with Gasteiger partial charge < -0.3 is 9.88 Å². The van der Waals surface area contributed by atoms with E-state index in [9.17, 15) is 4.79 Å². The maximum absolute atomic E-state index is 11.2. The van der Waals surface area contributed by atoms with Crippen LogP contribution in [0.25, 0.3) is 11.0 Å². The number of amides is 1. The topological polar surface area (TPSA) is 46.9 Å². The second-order valence-electron chi connectivity index (χ2n) is 3.85. The molecule has 0 atom stereocenters. The van der Waals surface area contributed by atoms with Gasteiger partial charge in [0.1, 0.15) is 5.82 Å². The van der Waals surface area contributed by atoms with Gasteiger partial charge in [-0.1, -0.05) is 18.5 Å². The predicted octanol–water partition coefficient (Wildman–Crippen LogP) is 2.25. The Kier molecular flexibility index (Phi) is 3.33.